The fraction of sp³-hybridized carbons (Fsp3) is 0.600. The van der Waals surface area contributed by atoms with E-state index in [1.54, 1.807) is 7.11 Å². The fourth-order valence-corrected chi connectivity index (χ4v) is 3.75. The van der Waals surface area contributed by atoms with Crippen molar-refractivity contribution >= 4 is 0 Å². The molecule has 0 amide bonds. The molecule has 0 aliphatic carbocycles. The van der Waals surface area contributed by atoms with E-state index in [0.29, 0.717) is 18.4 Å². The first kappa shape index (κ1) is 18.9. The van der Waals surface area contributed by atoms with Gasteiger partial charge in [-0.2, -0.15) is 4.98 Å². The predicted molar refractivity (Wildman–Crippen MR) is 98.8 cm³/mol. The Bertz CT molecular complexity index is 709. The zero-order valence-electron chi connectivity index (χ0n) is 16.1. The van der Waals surface area contributed by atoms with Gasteiger partial charge < -0.3 is 14.4 Å². The minimum Gasteiger partial charge on any atom is -0.497 e. The Morgan fingerprint density at radius 3 is 2.73 bits per heavy atom. The Labute approximate surface area is 155 Å². The molecule has 0 unspecified atom stereocenters. The van der Waals surface area contributed by atoms with Crippen LogP contribution >= 0.6 is 0 Å². The summed E-state index contributed by atoms with van der Waals surface area (Å²) in [5.41, 5.74) is -0.0648. The van der Waals surface area contributed by atoms with Crippen LogP contribution in [0.15, 0.2) is 28.8 Å². The third kappa shape index (κ3) is 4.07. The quantitative estimate of drug-likeness (QED) is 0.819. The minimum absolute atomic E-state index is 0.0105. The molecule has 1 aromatic heterocycles. The van der Waals surface area contributed by atoms with Crippen molar-refractivity contribution in [3.63, 3.8) is 0 Å². The number of aliphatic hydroxyl groups is 1. The Balaban J connectivity index is 1.73. The fourth-order valence-electron chi connectivity index (χ4n) is 3.75. The molecule has 0 radical (unpaired) electrons. The van der Waals surface area contributed by atoms with Crippen LogP contribution in [-0.2, 0) is 18.6 Å². The highest BCUT2D eigenvalue weighted by Crippen LogP contribution is 2.36. The summed E-state index contributed by atoms with van der Waals surface area (Å²) in [7, 11) is 1.64. The van der Waals surface area contributed by atoms with Gasteiger partial charge in [0, 0.05) is 12.5 Å². The molecule has 1 fully saturated rings. The second-order valence-electron chi connectivity index (χ2n) is 7.71. The molecule has 1 N–H and O–H groups in total. The first-order valence-corrected chi connectivity index (χ1v) is 9.32. The van der Waals surface area contributed by atoms with Crippen LogP contribution in [0.25, 0.3) is 0 Å². The van der Waals surface area contributed by atoms with Crippen LogP contribution in [0.3, 0.4) is 0 Å². The van der Waals surface area contributed by atoms with Crippen molar-refractivity contribution in [2.75, 3.05) is 13.7 Å². The van der Waals surface area contributed by atoms with Gasteiger partial charge in [-0.1, -0.05) is 31.1 Å². The van der Waals surface area contributed by atoms with Crippen molar-refractivity contribution in [2.45, 2.75) is 58.2 Å². The molecule has 2 atom stereocenters. The second kappa shape index (κ2) is 7.76. The van der Waals surface area contributed by atoms with E-state index >= 15 is 0 Å². The molecular weight excluding hydrogens is 330 g/mol. The van der Waals surface area contributed by atoms with Crippen molar-refractivity contribution in [3.8, 4) is 5.75 Å². The summed E-state index contributed by atoms with van der Waals surface area (Å²) < 4.78 is 10.6. The number of hydrogen-bond donors (Lipinski definition) is 1. The molecule has 142 valence electrons. The van der Waals surface area contributed by atoms with E-state index in [4.69, 9.17) is 9.26 Å². The predicted octanol–water partition coefficient (Wildman–Crippen LogP) is 3.15. The Kier molecular flexibility index (Phi) is 5.63. The van der Waals surface area contributed by atoms with Gasteiger partial charge in [0.25, 0.3) is 0 Å². The average molecular weight is 359 g/mol. The summed E-state index contributed by atoms with van der Waals surface area (Å²) in [5, 5.41) is 15.3. The van der Waals surface area contributed by atoms with E-state index in [0.717, 1.165) is 42.9 Å². The maximum atomic E-state index is 11.3. The third-order valence-corrected chi connectivity index (χ3v) is 5.13. The third-order valence-electron chi connectivity index (χ3n) is 5.13. The van der Waals surface area contributed by atoms with Gasteiger partial charge in [0.15, 0.2) is 5.82 Å². The normalized spacial score (nSPS) is 20.5. The summed E-state index contributed by atoms with van der Waals surface area (Å²) in [6.07, 6.45) is 2.80. The molecule has 0 bridgehead atoms. The first-order chi connectivity index (χ1) is 12.4. The average Bonchev–Trinajstić information content (AvgIpc) is 3.24. The zero-order chi connectivity index (χ0) is 18.7. The summed E-state index contributed by atoms with van der Waals surface area (Å²) >= 11 is 0. The number of methoxy groups -OCH3 is 1. The molecule has 1 aromatic carbocycles. The van der Waals surface area contributed by atoms with Crippen molar-refractivity contribution < 1.29 is 14.4 Å². The number of benzene rings is 1. The standard InChI is InChI=1S/C20H29N3O3/c1-14(2)12-18-21-19(26-22-18)13-23-11-5-6-17(23)20(3,24)15-7-9-16(25-4)10-8-15/h7-10,14,17,24H,5-6,11-13H2,1-4H3/t17-,20-/m1/s1. The molecule has 1 aliphatic rings. The van der Waals surface area contributed by atoms with E-state index in [1.807, 2.05) is 31.2 Å². The van der Waals surface area contributed by atoms with E-state index < -0.39 is 5.60 Å². The topological polar surface area (TPSA) is 71.6 Å². The molecule has 0 spiro atoms. The van der Waals surface area contributed by atoms with Crippen LogP contribution < -0.4 is 4.74 Å². The summed E-state index contributed by atoms with van der Waals surface area (Å²) in [6.45, 7) is 7.65. The lowest BCUT2D eigenvalue weighted by atomic mass is 9.86. The number of rotatable bonds is 7. The number of ether oxygens (including phenoxy) is 1. The van der Waals surface area contributed by atoms with Crippen LogP contribution in [0.2, 0.25) is 0 Å². The number of nitrogens with zero attached hydrogens (tertiary/aromatic N) is 3. The monoisotopic (exact) mass is 359 g/mol. The Morgan fingerprint density at radius 2 is 2.08 bits per heavy atom. The lowest BCUT2D eigenvalue weighted by Gasteiger charge is -2.36. The summed E-state index contributed by atoms with van der Waals surface area (Å²) in [5.74, 6) is 2.66. The van der Waals surface area contributed by atoms with E-state index in [9.17, 15) is 5.11 Å². The van der Waals surface area contributed by atoms with E-state index in [1.165, 1.54) is 0 Å². The highest BCUT2D eigenvalue weighted by atomic mass is 16.5. The zero-order valence-corrected chi connectivity index (χ0v) is 16.1. The highest BCUT2D eigenvalue weighted by Gasteiger charge is 2.41. The van der Waals surface area contributed by atoms with Crippen LogP contribution in [-0.4, -0.2) is 39.8 Å². The van der Waals surface area contributed by atoms with Gasteiger partial charge in [0.05, 0.1) is 13.7 Å². The van der Waals surface area contributed by atoms with Gasteiger partial charge in [-0.05, 0) is 49.9 Å². The first-order valence-electron chi connectivity index (χ1n) is 9.32. The van der Waals surface area contributed by atoms with Gasteiger partial charge >= 0.3 is 0 Å². The SMILES string of the molecule is COc1ccc([C@@](C)(O)[C@H]2CCCN2Cc2nc(CC(C)C)no2)cc1. The molecule has 1 saturated heterocycles. The molecule has 3 rings (SSSR count). The largest absolute Gasteiger partial charge is 0.497 e. The van der Waals surface area contributed by atoms with E-state index in [2.05, 4.69) is 28.9 Å². The number of likely N-dealkylation sites (tertiary alicyclic amines) is 1. The molecule has 2 heterocycles. The van der Waals surface area contributed by atoms with Gasteiger partial charge in [-0.15, -0.1) is 0 Å². The van der Waals surface area contributed by atoms with Crippen molar-refractivity contribution in [3.05, 3.63) is 41.5 Å². The van der Waals surface area contributed by atoms with Gasteiger partial charge in [-0.25, -0.2) is 0 Å². The van der Waals surface area contributed by atoms with Crippen molar-refractivity contribution in [1.82, 2.24) is 15.0 Å². The molecule has 6 heteroatoms. The minimum atomic E-state index is -0.955. The van der Waals surface area contributed by atoms with Gasteiger partial charge in [0.2, 0.25) is 5.89 Å². The van der Waals surface area contributed by atoms with Crippen LogP contribution in [0.1, 0.15) is 50.9 Å². The molecule has 26 heavy (non-hydrogen) atoms. The van der Waals surface area contributed by atoms with Crippen molar-refractivity contribution in [2.24, 2.45) is 5.92 Å². The molecule has 0 saturated carbocycles. The van der Waals surface area contributed by atoms with Crippen molar-refractivity contribution in [1.29, 1.82) is 0 Å². The molecule has 6 nitrogen and oxygen atoms in total. The van der Waals surface area contributed by atoms with Crippen LogP contribution in [0.5, 0.6) is 5.75 Å². The molecular formula is C20H29N3O3. The lowest BCUT2D eigenvalue weighted by Crippen LogP contribution is -2.45. The second-order valence-corrected chi connectivity index (χ2v) is 7.71. The maximum absolute atomic E-state index is 11.3. The summed E-state index contributed by atoms with van der Waals surface area (Å²) in [4.78, 5) is 6.76. The Morgan fingerprint density at radius 1 is 1.35 bits per heavy atom. The smallest absolute Gasteiger partial charge is 0.240 e. The number of aromatic nitrogens is 2. The van der Waals surface area contributed by atoms with Gasteiger partial charge in [-0.3, -0.25) is 4.90 Å². The molecule has 2 aromatic rings. The lowest BCUT2D eigenvalue weighted by molar-refractivity contribution is -0.0278. The van der Waals surface area contributed by atoms with Crippen LogP contribution in [0.4, 0.5) is 0 Å². The molecule has 1 aliphatic heterocycles. The maximum Gasteiger partial charge on any atom is 0.240 e. The highest BCUT2D eigenvalue weighted by molar-refractivity contribution is 5.31. The van der Waals surface area contributed by atoms with E-state index in [-0.39, 0.29) is 6.04 Å². The summed E-state index contributed by atoms with van der Waals surface area (Å²) in [6, 6.07) is 7.65. The number of hydrogen-bond acceptors (Lipinski definition) is 6. The van der Waals surface area contributed by atoms with Crippen LogP contribution in [0, 0.1) is 5.92 Å². The Hall–Kier alpha value is -1.92. The van der Waals surface area contributed by atoms with Gasteiger partial charge in [0.1, 0.15) is 11.4 Å².